The van der Waals surface area contributed by atoms with Crippen LogP contribution in [0.4, 0.5) is 15.8 Å². The average Bonchev–Trinajstić information content (AvgIpc) is 2.41. The van der Waals surface area contributed by atoms with Gasteiger partial charge in [-0.25, -0.2) is 4.39 Å². The van der Waals surface area contributed by atoms with Crippen molar-refractivity contribution in [2.75, 3.05) is 11.1 Å². The van der Waals surface area contributed by atoms with E-state index in [0.29, 0.717) is 17.8 Å². The van der Waals surface area contributed by atoms with Gasteiger partial charge >= 0.3 is 0 Å². The number of nitrogen functional groups attached to an aromatic ring is 1. The molecule has 0 saturated carbocycles. The lowest BCUT2D eigenvalue weighted by Gasteiger charge is -2.12. The highest BCUT2D eigenvalue weighted by Crippen LogP contribution is 2.23. The molecule has 4 heteroatoms. The van der Waals surface area contributed by atoms with Crippen LogP contribution in [0.25, 0.3) is 0 Å². The van der Waals surface area contributed by atoms with Gasteiger partial charge in [0.25, 0.3) is 0 Å². The number of nitrogens with two attached hydrogens (primary N) is 1. The summed E-state index contributed by atoms with van der Waals surface area (Å²) in [4.78, 5) is 4.36. The zero-order valence-electron chi connectivity index (χ0n) is 11.2. The Labute approximate surface area is 112 Å². The van der Waals surface area contributed by atoms with Crippen molar-refractivity contribution >= 4 is 11.4 Å². The first kappa shape index (κ1) is 13.3. The summed E-state index contributed by atoms with van der Waals surface area (Å²) in [6, 6.07) is 7.05. The number of nitrogens with one attached hydrogen (secondary N) is 1. The van der Waals surface area contributed by atoms with Crippen LogP contribution in [0.15, 0.2) is 30.5 Å². The second kappa shape index (κ2) is 5.69. The first-order chi connectivity index (χ1) is 9.11. The fourth-order valence-corrected chi connectivity index (χ4v) is 1.98. The van der Waals surface area contributed by atoms with Crippen LogP contribution in [-0.4, -0.2) is 4.98 Å². The molecule has 1 aromatic heterocycles. The quantitative estimate of drug-likeness (QED) is 0.828. The second-order valence-corrected chi connectivity index (χ2v) is 4.50. The maximum atomic E-state index is 13.3. The maximum absolute atomic E-state index is 13.3. The monoisotopic (exact) mass is 259 g/mol. The molecule has 100 valence electrons. The number of aryl methyl sites for hydroxylation is 2. The van der Waals surface area contributed by atoms with E-state index in [2.05, 4.69) is 23.3 Å². The molecule has 0 aliphatic carbocycles. The van der Waals surface area contributed by atoms with Gasteiger partial charge in [0.1, 0.15) is 5.82 Å². The largest absolute Gasteiger partial charge is 0.397 e. The molecule has 19 heavy (non-hydrogen) atoms. The van der Waals surface area contributed by atoms with E-state index in [9.17, 15) is 4.39 Å². The molecular formula is C15H18FN3. The number of benzene rings is 1. The number of halogens is 1. The van der Waals surface area contributed by atoms with Gasteiger partial charge in [-0.15, -0.1) is 0 Å². The van der Waals surface area contributed by atoms with Crippen LogP contribution in [0.2, 0.25) is 0 Å². The molecule has 0 saturated heterocycles. The predicted molar refractivity (Wildman–Crippen MR) is 76.5 cm³/mol. The van der Waals surface area contributed by atoms with Crippen LogP contribution in [0.1, 0.15) is 23.7 Å². The van der Waals surface area contributed by atoms with Gasteiger partial charge in [-0.2, -0.15) is 0 Å². The minimum absolute atomic E-state index is 0.282. The molecule has 2 aromatic rings. The van der Waals surface area contributed by atoms with Crippen molar-refractivity contribution in [1.29, 1.82) is 0 Å². The van der Waals surface area contributed by atoms with Gasteiger partial charge in [-0.05, 0) is 42.7 Å². The molecule has 0 aliphatic heterocycles. The molecule has 0 atom stereocenters. The molecule has 1 heterocycles. The molecule has 0 amide bonds. The third-order valence-corrected chi connectivity index (χ3v) is 3.14. The van der Waals surface area contributed by atoms with Gasteiger partial charge in [-0.1, -0.05) is 13.0 Å². The van der Waals surface area contributed by atoms with E-state index in [1.165, 1.54) is 11.6 Å². The lowest BCUT2D eigenvalue weighted by Crippen LogP contribution is -2.07. The molecule has 0 fully saturated rings. The fourth-order valence-electron chi connectivity index (χ4n) is 1.98. The van der Waals surface area contributed by atoms with Gasteiger partial charge in [-0.3, -0.25) is 4.98 Å². The SMILES string of the molecule is CCc1cccnc1CNc1cc(C)c(F)cc1N. The number of aromatic nitrogens is 1. The summed E-state index contributed by atoms with van der Waals surface area (Å²) in [5.74, 6) is -0.282. The van der Waals surface area contributed by atoms with E-state index < -0.39 is 0 Å². The molecule has 0 aliphatic rings. The molecule has 3 nitrogen and oxygen atoms in total. The van der Waals surface area contributed by atoms with E-state index in [4.69, 9.17) is 5.73 Å². The highest BCUT2D eigenvalue weighted by Gasteiger charge is 2.06. The minimum Gasteiger partial charge on any atom is -0.397 e. The number of nitrogens with zero attached hydrogens (tertiary/aromatic N) is 1. The molecular weight excluding hydrogens is 241 g/mol. The van der Waals surface area contributed by atoms with Crippen molar-refractivity contribution in [2.24, 2.45) is 0 Å². The number of anilines is 2. The Bertz CT molecular complexity index is 582. The standard InChI is InChI=1S/C15H18FN3/c1-3-11-5-4-6-18-15(11)9-19-14-7-10(2)12(16)8-13(14)17/h4-8,19H,3,9,17H2,1-2H3. The summed E-state index contributed by atoms with van der Waals surface area (Å²) in [6.45, 7) is 4.40. The lowest BCUT2D eigenvalue weighted by molar-refractivity contribution is 0.619. The van der Waals surface area contributed by atoms with Crippen LogP contribution >= 0.6 is 0 Å². The summed E-state index contributed by atoms with van der Waals surface area (Å²) >= 11 is 0. The number of rotatable bonds is 4. The molecule has 0 radical (unpaired) electrons. The molecule has 1 aromatic carbocycles. The Morgan fingerprint density at radius 1 is 1.37 bits per heavy atom. The number of pyridine rings is 1. The smallest absolute Gasteiger partial charge is 0.128 e. The van der Waals surface area contributed by atoms with E-state index in [0.717, 1.165) is 17.8 Å². The highest BCUT2D eigenvalue weighted by atomic mass is 19.1. The molecule has 0 unspecified atom stereocenters. The van der Waals surface area contributed by atoms with Gasteiger partial charge in [0.15, 0.2) is 0 Å². The second-order valence-electron chi connectivity index (χ2n) is 4.50. The summed E-state index contributed by atoms with van der Waals surface area (Å²) in [5, 5.41) is 3.22. The Kier molecular flexibility index (Phi) is 4.00. The zero-order chi connectivity index (χ0) is 13.8. The van der Waals surface area contributed by atoms with E-state index >= 15 is 0 Å². The van der Waals surface area contributed by atoms with Crippen LogP contribution in [0.3, 0.4) is 0 Å². The molecule has 0 spiro atoms. The molecule has 2 rings (SSSR count). The van der Waals surface area contributed by atoms with E-state index in [1.807, 2.05) is 6.07 Å². The Hall–Kier alpha value is -2.10. The number of hydrogen-bond acceptors (Lipinski definition) is 3. The van der Waals surface area contributed by atoms with E-state index in [-0.39, 0.29) is 5.82 Å². The third-order valence-electron chi connectivity index (χ3n) is 3.14. The average molecular weight is 259 g/mol. The van der Waals surface area contributed by atoms with Crippen molar-refractivity contribution in [3.63, 3.8) is 0 Å². The Balaban J connectivity index is 2.17. The molecule has 3 N–H and O–H groups in total. The van der Waals surface area contributed by atoms with Gasteiger partial charge in [0.05, 0.1) is 23.6 Å². The minimum atomic E-state index is -0.282. The van der Waals surface area contributed by atoms with Crippen LogP contribution in [0, 0.1) is 12.7 Å². The van der Waals surface area contributed by atoms with Crippen molar-refractivity contribution < 1.29 is 4.39 Å². The van der Waals surface area contributed by atoms with Crippen molar-refractivity contribution in [3.05, 3.63) is 53.1 Å². The normalized spacial score (nSPS) is 10.5. The highest BCUT2D eigenvalue weighted by molar-refractivity contribution is 5.67. The van der Waals surface area contributed by atoms with Gasteiger partial charge < -0.3 is 11.1 Å². The number of hydrogen-bond donors (Lipinski definition) is 2. The topological polar surface area (TPSA) is 50.9 Å². The van der Waals surface area contributed by atoms with Crippen LogP contribution in [-0.2, 0) is 13.0 Å². The summed E-state index contributed by atoms with van der Waals surface area (Å²) < 4.78 is 13.3. The molecule has 0 bridgehead atoms. The summed E-state index contributed by atoms with van der Waals surface area (Å²) in [5.41, 5.74) is 9.73. The summed E-state index contributed by atoms with van der Waals surface area (Å²) in [6.07, 6.45) is 2.71. The Morgan fingerprint density at radius 2 is 2.16 bits per heavy atom. The van der Waals surface area contributed by atoms with Crippen LogP contribution in [0.5, 0.6) is 0 Å². The van der Waals surface area contributed by atoms with Crippen molar-refractivity contribution in [2.45, 2.75) is 26.8 Å². The first-order valence-electron chi connectivity index (χ1n) is 6.34. The van der Waals surface area contributed by atoms with Crippen molar-refractivity contribution in [1.82, 2.24) is 4.98 Å². The van der Waals surface area contributed by atoms with Gasteiger partial charge in [0, 0.05) is 6.20 Å². The Morgan fingerprint density at radius 3 is 2.89 bits per heavy atom. The fraction of sp³-hybridized carbons (Fsp3) is 0.267. The van der Waals surface area contributed by atoms with Crippen molar-refractivity contribution in [3.8, 4) is 0 Å². The maximum Gasteiger partial charge on any atom is 0.128 e. The first-order valence-corrected chi connectivity index (χ1v) is 6.34. The zero-order valence-corrected chi connectivity index (χ0v) is 11.2. The van der Waals surface area contributed by atoms with Gasteiger partial charge in [0.2, 0.25) is 0 Å². The van der Waals surface area contributed by atoms with Crippen LogP contribution < -0.4 is 11.1 Å². The lowest BCUT2D eigenvalue weighted by atomic mass is 10.1. The van der Waals surface area contributed by atoms with E-state index in [1.54, 1.807) is 19.2 Å². The third kappa shape index (κ3) is 3.02. The summed E-state index contributed by atoms with van der Waals surface area (Å²) in [7, 11) is 0. The predicted octanol–water partition coefficient (Wildman–Crippen LogP) is 3.29.